The molecule has 4 nitrogen and oxygen atoms in total. The third-order valence-electron chi connectivity index (χ3n) is 12.7. The molecule has 0 bridgehead atoms. The van der Waals surface area contributed by atoms with Crippen molar-refractivity contribution >= 4 is 110 Å². The molecule has 0 unspecified atom stereocenters. The highest BCUT2D eigenvalue weighted by Crippen LogP contribution is 2.51. The fourth-order valence-corrected chi connectivity index (χ4v) is 10.0. The predicted octanol–water partition coefficient (Wildman–Crippen LogP) is 16.6. The number of anilines is 6. The van der Waals surface area contributed by atoms with Crippen molar-refractivity contribution in [3.8, 4) is 0 Å². The first kappa shape index (κ1) is 34.5. The van der Waals surface area contributed by atoms with Crippen molar-refractivity contribution in [2.75, 3.05) is 9.80 Å². The standard InChI is InChI=1S/C56H40N2O2/c1-33-13-9-14-34(2)53(33)57(47-21-11-19-41-39-17-5-7-23-49(39)59-55(41)47)45-31-27-37-26-30-44-46(32-28-38-25-29-43(45)51(37)52(38)44)58(54-35(3)15-10-16-36(54)4)48-22-12-20-42-40-18-6-8-24-50(40)60-56(42)48/h5-32H,1-4H3. The van der Waals surface area contributed by atoms with E-state index in [2.05, 4.69) is 195 Å². The highest BCUT2D eigenvalue weighted by atomic mass is 16.3. The van der Waals surface area contributed by atoms with Gasteiger partial charge in [0.15, 0.2) is 11.2 Å². The van der Waals surface area contributed by atoms with E-state index in [1.165, 1.54) is 54.6 Å². The first-order valence-electron chi connectivity index (χ1n) is 20.7. The van der Waals surface area contributed by atoms with Crippen LogP contribution in [0.25, 0.3) is 76.2 Å². The van der Waals surface area contributed by atoms with E-state index < -0.39 is 0 Å². The summed E-state index contributed by atoms with van der Waals surface area (Å²) < 4.78 is 13.5. The average molecular weight is 773 g/mol. The third kappa shape index (κ3) is 4.91. The lowest BCUT2D eigenvalue weighted by atomic mass is 9.91. The van der Waals surface area contributed by atoms with E-state index in [1.807, 2.05) is 12.1 Å². The Labute approximate surface area is 347 Å². The van der Waals surface area contributed by atoms with Gasteiger partial charge < -0.3 is 18.6 Å². The van der Waals surface area contributed by atoms with Crippen molar-refractivity contribution in [1.82, 2.24) is 0 Å². The molecule has 12 rings (SSSR count). The highest BCUT2D eigenvalue weighted by molar-refractivity contribution is 6.29. The maximum atomic E-state index is 6.75. The van der Waals surface area contributed by atoms with Gasteiger partial charge in [-0.1, -0.05) is 133 Å². The van der Waals surface area contributed by atoms with Gasteiger partial charge in [0, 0.05) is 32.3 Å². The van der Waals surface area contributed by atoms with E-state index in [1.54, 1.807) is 0 Å². The van der Waals surface area contributed by atoms with Crippen LogP contribution in [-0.4, -0.2) is 0 Å². The second kappa shape index (κ2) is 13.0. The van der Waals surface area contributed by atoms with Crippen LogP contribution in [0.15, 0.2) is 179 Å². The summed E-state index contributed by atoms with van der Waals surface area (Å²) in [5, 5.41) is 11.7. The van der Waals surface area contributed by atoms with Gasteiger partial charge in [0.2, 0.25) is 0 Å². The summed E-state index contributed by atoms with van der Waals surface area (Å²) in [6.07, 6.45) is 0. The average Bonchev–Trinajstić information content (AvgIpc) is 3.85. The molecule has 0 saturated carbocycles. The van der Waals surface area contributed by atoms with Crippen LogP contribution in [0, 0.1) is 27.7 Å². The quantitative estimate of drug-likeness (QED) is 0.158. The van der Waals surface area contributed by atoms with Crippen molar-refractivity contribution < 1.29 is 8.83 Å². The van der Waals surface area contributed by atoms with Crippen molar-refractivity contribution in [2.45, 2.75) is 27.7 Å². The second-order valence-electron chi connectivity index (χ2n) is 16.2. The number of aryl methyl sites for hydroxylation is 4. The van der Waals surface area contributed by atoms with Gasteiger partial charge >= 0.3 is 0 Å². The zero-order chi connectivity index (χ0) is 40.2. The molecule has 2 heterocycles. The van der Waals surface area contributed by atoms with Gasteiger partial charge in [-0.15, -0.1) is 0 Å². The molecule has 0 amide bonds. The van der Waals surface area contributed by atoms with E-state index >= 15 is 0 Å². The summed E-state index contributed by atoms with van der Waals surface area (Å²) in [7, 11) is 0. The number of nitrogens with zero attached hydrogens (tertiary/aromatic N) is 2. The Morgan fingerprint density at radius 1 is 0.300 bits per heavy atom. The molecule has 286 valence electrons. The number of rotatable bonds is 6. The molecule has 0 atom stereocenters. The van der Waals surface area contributed by atoms with Gasteiger partial charge in [-0.3, -0.25) is 0 Å². The van der Waals surface area contributed by atoms with Crippen molar-refractivity contribution in [3.05, 3.63) is 192 Å². The van der Waals surface area contributed by atoms with Crippen molar-refractivity contribution in [2.24, 2.45) is 0 Å². The molecule has 12 aromatic rings. The van der Waals surface area contributed by atoms with Gasteiger partial charge in [-0.2, -0.15) is 0 Å². The fraction of sp³-hybridized carbons (Fsp3) is 0.0714. The van der Waals surface area contributed by atoms with Gasteiger partial charge in [-0.05, 0) is 108 Å². The lowest BCUT2D eigenvalue weighted by Gasteiger charge is -2.31. The van der Waals surface area contributed by atoms with Crippen LogP contribution in [0.3, 0.4) is 0 Å². The molecule has 0 aliphatic rings. The van der Waals surface area contributed by atoms with Crippen LogP contribution in [0.5, 0.6) is 0 Å². The van der Waals surface area contributed by atoms with E-state index in [-0.39, 0.29) is 0 Å². The summed E-state index contributed by atoms with van der Waals surface area (Å²) in [6.45, 7) is 8.84. The van der Waals surface area contributed by atoms with Crippen LogP contribution in [0.1, 0.15) is 22.3 Å². The molecule has 0 aliphatic carbocycles. The Balaban J connectivity index is 1.16. The van der Waals surface area contributed by atoms with Crippen LogP contribution in [-0.2, 0) is 0 Å². The summed E-state index contributed by atoms with van der Waals surface area (Å²) in [6, 6.07) is 61.3. The number of hydrogen-bond acceptors (Lipinski definition) is 4. The largest absolute Gasteiger partial charge is 0.454 e. The SMILES string of the molecule is Cc1cccc(C)c1N(c1ccc2ccc3c(N(c4c(C)cccc4C)c4cccc5c4oc4ccccc45)ccc4ccc1c2c43)c1cccc2c1oc1ccccc12. The van der Waals surface area contributed by atoms with E-state index in [0.29, 0.717) is 0 Å². The Morgan fingerprint density at radius 3 is 1.10 bits per heavy atom. The zero-order valence-electron chi connectivity index (χ0n) is 33.9. The summed E-state index contributed by atoms with van der Waals surface area (Å²) in [5.41, 5.74) is 14.8. The number of hydrogen-bond donors (Lipinski definition) is 0. The minimum Gasteiger partial charge on any atom is -0.454 e. The Morgan fingerprint density at radius 2 is 0.667 bits per heavy atom. The minimum atomic E-state index is 0.873. The lowest BCUT2D eigenvalue weighted by molar-refractivity contribution is 0.668. The van der Waals surface area contributed by atoms with Crippen LogP contribution >= 0.6 is 0 Å². The van der Waals surface area contributed by atoms with Crippen LogP contribution in [0.4, 0.5) is 34.1 Å². The smallest absolute Gasteiger partial charge is 0.159 e. The number of fused-ring (bicyclic) bond motifs is 6. The molecule has 0 radical (unpaired) electrons. The highest BCUT2D eigenvalue weighted by Gasteiger charge is 2.27. The first-order valence-corrected chi connectivity index (χ1v) is 20.7. The molecule has 10 aromatic carbocycles. The van der Waals surface area contributed by atoms with Gasteiger partial charge in [0.25, 0.3) is 0 Å². The molecule has 2 aromatic heterocycles. The summed E-state index contributed by atoms with van der Waals surface area (Å²) >= 11 is 0. The molecule has 60 heavy (non-hydrogen) atoms. The van der Waals surface area contributed by atoms with Gasteiger partial charge in [0.1, 0.15) is 11.2 Å². The monoisotopic (exact) mass is 772 g/mol. The first-order chi connectivity index (χ1) is 29.4. The third-order valence-corrected chi connectivity index (χ3v) is 12.7. The normalized spacial score (nSPS) is 12.0. The second-order valence-corrected chi connectivity index (χ2v) is 16.2. The Kier molecular flexibility index (Phi) is 7.45. The molecule has 0 saturated heterocycles. The number of furan rings is 2. The summed E-state index contributed by atoms with van der Waals surface area (Å²) in [4.78, 5) is 4.88. The number of para-hydroxylation sites is 6. The van der Waals surface area contributed by atoms with E-state index in [9.17, 15) is 0 Å². The lowest BCUT2D eigenvalue weighted by Crippen LogP contribution is -2.14. The summed E-state index contributed by atoms with van der Waals surface area (Å²) in [5.74, 6) is 0. The van der Waals surface area contributed by atoms with Gasteiger partial charge in [0.05, 0.1) is 34.1 Å². The molecule has 0 aliphatic heterocycles. The maximum Gasteiger partial charge on any atom is 0.159 e. The molecular weight excluding hydrogens is 733 g/mol. The zero-order valence-corrected chi connectivity index (χ0v) is 33.9. The van der Waals surface area contributed by atoms with Crippen molar-refractivity contribution in [3.63, 3.8) is 0 Å². The fourth-order valence-electron chi connectivity index (χ4n) is 10.0. The van der Waals surface area contributed by atoms with E-state index in [4.69, 9.17) is 8.83 Å². The topological polar surface area (TPSA) is 32.8 Å². The van der Waals surface area contributed by atoms with Gasteiger partial charge in [-0.25, -0.2) is 0 Å². The van der Waals surface area contributed by atoms with Crippen LogP contribution in [0.2, 0.25) is 0 Å². The minimum absolute atomic E-state index is 0.873. The van der Waals surface area contributed by atoms with Crippen molar-refractivity contribution in [1.29, 1.82) is 0 Å². The van der Waals surface area contributed by atoms with E-state index in [0.717, 1.165) is 78.0 Å². The molecule has 0 N–H and O–H groups in total. The van der Waals surface area contributed by atoms with Crippen LogP contribution < -0.4 is 9.80 Å². The Hall–Kier alpha value is -7.56. The molecule has 0 spiro atoms. The Bertz CT molecular complexity index is 3400. The molecular formula is C56H40N2O2. The maximum absolute atomic E-state index is 6.75. The molecule has 0 fully saturated rings. The number of benzene rings is 10. The molecule has 4 heteroatoms. The predicted molar refractivity (Wildman–Crippen MR) is 253 cm³/mol.